The van der Waals surface area contributed by atoms with Crippen molar-refractivity contribution in [3.63, 3.8) is 0 Å². The molecule has 0 radical (unpaired) electrons. The van der Waals surface area contributed by atoms with Crippen LogP contribution >= 0.6 is 0 Å². The minimum absolute atomic E-state index is 0.0188. The van der Waals surface area contributed by atoms with Crippen LogP contribution in [0.4, 0.5) is 0 Å². The molecule has 0 saturated carbocycles. The van der Waals surface area contributed by atoms with Crippen molar-refractivity contribution >= 4 is 11.9 Å². The van der Waals surface area contributed by atoms with Crippen molar-refractivity contribution in [2.45, 2.75) is 18.9 Å². The zero-order chi connectivity index (χ0) is 11.1. The summed E-state index contributed by atoms with van der Waals surface area (Å²) in [5, 5.41) is 18.5. The van der Waals surface area contributed by atoms with Crippen molar-refractivity contribution in [2.75, 3.05) is 6.54 Å². The van der Waals surface area contributed by atoms with E-state index in [0.717, 1.165) is 0 Å². The number of hydrogen-bond acceptors (Lipinski definition) is 4. The Morgan fingerprint density at radius 3 is 2.50 bits per heavy atom. The minimum Gasteiger partial charge on any atom is -0.480 e. The molecule has 6 nitrogen and oxygen atoms in total. The highest BCUT2D eigenvalue weighted by Crippen LogP contribution is 2.04. The second kappa shape index (κ2) is 6.11. The van der Waals surface area contributed by atoms with Gasteiger partial charge in [0, 0.05) is 13.0 Å². The maximum Gasteiger partial charge on any atom is 0.323 e. The highest BCUT2D eigenvalue weighted by atomic mass is 16.5. The van der Waals surface area contributed by atoms with Gasteiger partial charge in [-0.15, -0.1) is 6.58 Å². The van der Waals surface area contributed by atoms with Gasteiger partial charge in [-0.1, -0.05) is 6.08 Å². The first kappa shape index (κ1) is 12.6. The lowest BCUT2D eigenvalue weighted by atomic mass is 10.1. The third kappa shape index (κ3) is 4.58. The van der Waals surface area contributed by atoms with Gasteiger partial charge >= 0.3 is 5.97 Å². The molecule has 4 N–H and O–H groups in total. The first-order valence-electron chi connectivity index (χ1n) is 4.06. The second-order valence-electron chi connectivity index (χ2n) is 2.77. The molecule has 1 unspecified atom stereocenters. The van der Waals surface area contributed by atoms with Gasteiger partial charge in [0.15, 0.2) is 0 Å². The molecular formula is C8H14N2O4. The topological polar surface area (TPSA) is 104 Å². The van der Waals surface area contributed by atoms with Crippen LogP contribution < -0.4 is 5.73 Å². The fraction of sp³-hybridized carbons (Fsp3) is 0.500. The molecule has 0 aliphatic heterocycles. The van der Waals surface area contributed by atoms with Crippen LogP contribution in [-0.4, -0.2) is 39.8 Å². The quantitative estimate of drug-likeness (QED) is 0.384. The van der Waals surface area contributed by atoms with Gasteiger partial charge in [-0.25, -0.2) is 0 Å². The van der Waals surface area contributed by atoms with Gasteiger partial charge in [-0.05, 0) is 6.42 Å². The Hall–Kier alpha value is -1.40. The van der Waals surface area contributed by atoms with Gasteiger partial charge in [0.1, 0.15) is 6.04 Å². The molecule has 0 aliphatic rings. The zero-order valence-electron chi connectivity index (χ0n) is 7.72. The highest BCUT2D eigenvalue weighted by molar-refractivity contribution is 5.77. The van der Waals surface area contributed by atoms with E-state index in [2.05, 4.69) is 6.58 Å². The lowest BCUT2D eigenvalue weighted by Gasteiger charge is -2.20. The van der Waals surface area contributed by atoms with Crippen LogP contribution in [0.5, 0.6) is 0 Å². The molecule has 0 aliphatic carbocycles. The molecule has 0 fully saturated rings. The summed E-state index contributed by atoms with van der Waals surface area (Å²) in [6.07, 6.45) is 1.26. The summed E-state index contributed by atoms with van der Waals surface area (Å²) in [7, 11) is 0. The molecular weight excluding hydrogens is 188 g/mol. The summed E-state index contributed by atoms with van der Waals surface area (Å²) in [5.41, 5.74) is 4.86. The maximum absolute atomic E-state index is 10.6. The standard InChI is InChI=1S/C8H14N2O4/c1-2-5-10(14)6(8(12)13)3-4-7(9)11/h2,6,14H,1,3-5H2,(H2,9,11)(H,12,13). The van der Waals surface area contributed by atoms with E-state index in [0.29, 0.717) is 5.06 Å². The van der Waals surface area contributed by atoms with Gasteiger partial charge in [0.2, 0.25) is 5.91 Å². The Morgan fingerprint density at radius 1 is 1.57 bits per heavy atom. The summed E-state index contributed by atoms with van der Waals surface area (Å²) in [5.74, 6) is -1.79. The molecule has 0 aromatic heterocycles. The zero-order valence-corrected chi connectivity index (χ0v) is 7.72. The molecule has 80 valence electrons. The van der Waals surface area contributed by atoms with E-state index in [4.69, 9.17) is 10.8 Å². The molecule has 1 atom stereocenters. The lowest BCUT2D eigenvalue weighted by molar-refractivity contribution is -0.167. The normalized spacial score (nSPS) is 12.4. The number of amides is 1. The summed E-state index contributed by atoms with van der Waals surface area (Å²) >= 11 is 0. The minimum atomic E-state index is -1.20. The van der Waals surface area contributed by atoms with Gasteiger partial charge < -0.3 is 16.0 Å². The van der Waals surface area contributed by atoms with E-state index in [1.165, 1.54) is 6.08 Å². The van der Waals surface area contributed by atoms with E-state index in [1.54, 1.807) is 0 Å². The number of nitrogens with zero attached hydrogens (tertiary/aromatic N) is 1. The van der Waals surface area contributed by atoms with Crippen molar-refractivity contribution in [1.82, 2.24) is 5.06 Å². The van der Waals surface area contributed by atoms with E-state index >= 15 is 0 Å². The molecule has 0 heterocycles. The van der Waals surface area contributed by atoms with Crippen LogP contribution in [0.3, 0.4) is 0 Å². The summed E-state index contributed by atoms with van der Waals surface area (Å²) < 4.78 is 0. The number of rotatable bonds is 7. The van der Waals surface area contributed by atoms with Crippen molar-refractivity contribution in [3.8, 4) is 0 Å². The lowest BCUT2D eigenvalue weighted by Crippen LogP contribution is -2.39. The van der Waals surface area contributed by atoms with Crippen LogP contribution in [-0.2, 0) is 9.59 Å². The molecule has 0 aromatic rings. The van der Waals surface area contributed by atoms with Gasteiger partial charge in [-0.2, -0.15) is 5.06 Å². The van der Waals surface area contributed by atoms with Crippen molar-refractivity contribution in [3.05, 3.63) is 12.7 Å². The average Bonchev–Trinajstić information content (AvgIpc) is 2.03. The van der Waals surface area contributed by atoms with Crippen LogP contribution in [0.1, 0.15) is 12.8 Å². The molecule has 0 aromatic carbocycles. The number of carbonyl (C=O) groups is 2. The summed E-state index contributed by atoms with van der Waals surface area (Å²) in [6, 6.07) is -1.12. The Balaban J connectivity index is 4.20. The van der Waals surface area contributed by atoms with E-state index < -0.39 is 17.9 Å². The van der Waals surface area contributed by atoms with Crippen molar-refractivity contribution in [2.24, 2.45) is 5.73 Å². The van der Waals surface area contributed by atoms with Gasteiger partial charge in [0.25, 0.3) is 0 Å². The smallest absolute Gasteiger partial charge is 0.323 e. The van der Waals surface area contributed by atoms with Crippen LogP contribution in [0, 0.1) is 0 Å². The van der Waals surface area contributed by atoms with Gasteiger partial charge in [-0.3, -0.25) is 9.59 Å². The molecule has 0 rings (SSSR count). The predicted molar refractivity (Wildman–Crippen MR) is 48.5 cm³/mol. The first-order chi connectivity index (χ1) is 6.49. The maximum atomic E-state index is 10.6. The number of nitrogens with two attached hydrogens (primary N) is 1. The summed E-state index contributed by atoms with van der Waals surface area (Å²) in [4.78, 5) is 21.1. The fourth-order valence-corrected chi connectivity index (χ4v) is 0.938. The van der Waals surface area contributed by atoms with Crippen molar-refractivity contribution in [1.29, 1.82) is 0 Å². The number of hydrogen-bond donors (Lipinski definition) is 3. The summed E-state index contributed by atoms with van der Waals surface area (Å²) in [6.45, 7) is 3.37. The Bertz CT molecular complexity index is 229. The van der Waals surface area contributed by atoms with Crippen LogP contribution in [0.25, 0.3) is 0 Å². The van der Waals surface area contributed by atoms with Gasteiger partial charge in [0.05, 0.1) is 0 Å². The number of carbonyl (C=O) groups excluding carboxylic acids is 1. The molecule has 6 heteroatoms. The Labute approximate surface area is 81.6 Å². The fourth-order valence-electron chi connectivity index (χ4n) is 0.938. The third-order valence-electron chi connectivity index (χ3n) is 1.63. The molecule has 0 bridgehead atoms. The molecule has 14 heavy (non-hydrogen) atoms. The average molecular weight is 202 g/mol. The highest BCUT2D eigenvalue weighted by Gasteiger charge is 2.23. The molecule has 1 amide bonds. The van der Waals surface area contributed by atoms with E-state index in [1.807, 2.05) is 0 Å². The van der Waals surface area contributed by atoms with E-state index in [9.17, 15) is 14.8 Å². The Morgan fingerprint density at radius 2 is 2.14 bits per heavy atom. The monoisotopic (exact) mass is 202 g/mol. The molecule has 0 saturated heterocycles. The second-order valence-corrected chi connectivity index (χ2v) is 2.77. The van der Waals surface area contributed by atoms with Crippen molar-refractivity contribution < 1.29 is 19.9 Å². The Kier molecular flexibility index (Phi) is 5.50. The number of hydroxylamine groups is 2. The van der Waals surface area contributed by atoms with Crippen LogP contribution in [0.2, 0.25) is 0 Å². The first-order valence-corrected chi connectivity index (χ1v) is 4.06. The number of carboxylic acid groups (broad SMARTS) is 1. The van der Waals surface area contributed by atoms with Crippen LogP contribution in [0.15, 0.2) is 12.7 Å². The predicted octanol–water partition coefficient (Wildman–Crippen LogP) is -0.418. The number of aliphatic carboxylic acids is 1. The van der Waals surface area contributed by atoms with E-state index in [-0.39, 0.29) is 19.4 Å². The number of primary amides is 1. The number of carboxylic acids is 1. The third-order valence-corrected chi connectivity index (χ3v) is 1.63. The molecule has 0 spiro atoms. The largest absolute Gasteiger partial charge is 0.480 e. The SMILES string of the molecule is C=CCN(O)C(CCC(N)=O)C(=O)O.